The second-order valence-corrected chi connectivity index (χ2v) is 2.28. The van der Waals surface area contributed by atoms with Crippen molar-refractivity contribution in [2.75, 3.05) is 6.61 Å². The highest BCUT2D eigenvalue weighted by Crippen LogP contribution is 1.99. The molecule has 0 aliphatic heterocycles. The summed E-state index contributed by atoms with van der Waals surface area (Å²) < 4.78 is 0. The summed E-state index contributed by atoms with van der Waals surface area (Å²) in [4.78, 5) is 10.8. The van der Waals surface area contributed by atoms with Crippen LogP contribution in [0.25, 0.3) is 0 Å². The molecule has 3 atom stereocenters. The SMILES string of the molecule is C=CC(O)C(=O)[C@H](O)[C@H](O)CO. The molecule has 0 aromatic rings. The summed E-state index contributed by atoms with van der Waals surface area (Å²) in [6, 6.07) is 0. The van der Waals surface area contributed by atoms with Gasteiger partial charge in [-0.15, -0.1) is 6.58 Å². The van der Waals surface area contributed by atoms with Crippen LogP contribution in [0.5, 0.6) is 0 Å². The van der Waals surface area contributed by atoms with E-state index in [4.69, 9.17) is 20.4 Å². The Hall–Kier alpha value is -0.750. The molecule has 5 nitrogen and oxygen atoms in total. The number of carbonyl (C=O) groups excluding carboxylic acids is 1. The highest BCUT2D eigenvalue weighted by molar-refractivity contribution is 5.88. The maximum atomic E-state index is 10.8. The van der Waals surface area contributed by atoms with E-state index in [1.165, 1.54) is 0 Å². The van der Waals surface area contributed by atoms with E-state index in [1.54, 1.807) is 0 Å². The number of ketones is 1. The zero-order chi connectivity index (χ0) is 9.72. The molecule has 0 radical (unpaired) electrons. The summed E-state index contributed by atoms with van der Waals surface area (Å²) in [6.45, 7) is 2.38. The molecule has 0 aliphatic rings. The average Bonchev–Trinajstić information content (AvgIpc) is 2.12. The number of carbonyl (C=O) groups is 1. The first-order valence-corrected chi connectivity index (χ1v) is 3.36. The predicted molar refractivity (Wildman–Crippen MR) is 40.3 cm³/mol. The molecule has 0 aliphatic carbocycles. The smallest absolute Gasteiger partial charge is 0.196 e. The highest BCUT2D eigenvalue weighted by Gasteiger charge is 2.27. The van der Waals surface area contributed by atoms with Crippen molar-refractivity contribution in [3.05, 3.63) is 12.7 Å². The molecule has 0 heterocycles. The maximum absolute atomic E-state index is 10.8. The third kappa shape index (κ3) is 2.71. The van der Waals surface area contributed by atoms with Gasteiger partial charge in [0.15, 0.2) is 5.78 Å². The van der Waals surface area contributed by atoms with E-state index < -0.39 is 30.7 Å². The summed E-state index contributed by atoms with van der Waals surface area (Å²) in [7, 11) is 0. The summed E-state index contributed by atoms with van der Waals surface area (Å²) in [5, 5.41) is 34.9. The molecule has 0 saturated heterocycles. The number of Topliss-reactive ketones (excluding diaryl/α,β-unsaturated/α-hetero) is 1. The fourth-order valence-corrected chi connectivity index (χ4v) is 0.581. The maximum Gasteiger partial charge on any atom is 0.196 e. The van der Waals surface area contributed by atoms with Gasteiger partial charge in [-0.25, -0.2) is 0 Å². The molecule has 0 spiro atoms. The van der Waals surface area contributed by atoms with Gasteiger partial charge in [-0.2, -0.15) is 0 Å². The number of aliphatic hydroxyl groups excluding tert-OH is 4. The molecule has 0 aromatic heterocycles. The molecule has 1 unspecified atom stereocenters. The van der Waals surface area contributed by atoms with Crippen molar-refractivity contribution in [3.8, 4) is 0 Å². The first-order chi connectivity index (χ1) is 5.54. The summed E-state index contributed by atoms with van der Waals surface area (Å²) in [6.07, 6.45) is -3.92. The van der Waals surface area contributed by atoms with Crippen molar-refractivity contribution in [3.63, 3.8) is 0 Å². The third-order valence-corrected chi connectivity index (χ3v) is 1.36. The normalized spacial score (nSPS) is 18.0. The second kappa shape index (κ2) is 5.00. The zero-order valence-corrected chi connectivity index (χ0v) is 6.42. The lowest BCUT2D eigenvalue weighted by molar-refractivity contribution is -0.140. The second-order valence-electron chi connectivity index (χ2n) is 2.28. The Morgan fingerprint density at radius 1 is 1.42 bits per heavy atom. The summed E-state index contributed by atoms with van der Waals surface area (Å²) >= 11 is 0. The van der Waals surface area contributed by atoms with Gasteiger partial charge in [-0.3, -0.25) is 4.79 Å². The van der Waals surface area contributed by atoms with Gasteiger partial charge in [0.05, 0.1) is 6.61 Å². The topological polar surface area (TPSA) is 98.0 Å². The molecule has 12 heavy (non-hydrogen) atoms. The van der Waals surface area contributed by atoms with Crippen LogP contribution in [0.15, 0.2) is 12.7 Å². The Morgan fingerprint density at radius 2 is 1.92 bits per heavy atom. The molecule has 0 aromatic carbocycles. The standard InChI is InChI=1S/C7H12O5/c1-2-4(9)6(11)7(12)5(10)3-8/h2,4-5,7-10,12H,1,3H2/t4?,5-,7-/m1/s1. The first-order valence-electron chi connectivity index (χ1n) is 3.36. The van der Waals surface area contributed by atoms with Crippen LogP contribution in [0.1, 0.15) is 0 Å². The number of rotatable bonds is 5. The van der Waals surface area contributed by atoms with Crippen molar-refractivity contribution < 1.29 is 25.2 Å². The van der Waals surface area contributed by atoms with Gasteiger partial charge in [0.1, 0.15) is 18.3 Å². The van der Waals surface area contributed by atoms with Crippen molar-refractivity contribution >= 4 is 5.78 Å². The molecular weight excluding hydrogens is 164 g/mol. The lowest BCUT2D eigenvalue weighted by Gasteiger charge is -2.15. The van der Waals surface area contributed by atoms with Crippen molar-refractivity contribution in [2.24, 2.45) is 0 Å². The molecule has 0 rings (SSSR count). The Balaban J connectivity index is 4.18. The monoisotopic (exact) mass is 176 g/mol. The van der Waals surface area contributed by atoms with Gasteiger partial charge in [0, 0.05) is 0 Å². The fourth-order valence-electron chi connectivity index (χ4n) is 0.581. The third-order valence-electron chi connectivity index (χ3n) is 1.36. The zero-order valence-electron chi connectivity index (χ0n) is 6.42. The number of aliphatic hydroxyl groups is 4. The largest absolute Gasteiger partial charge is 0.394 e. The number of hydrogen-bond acceptors (Lipinski definition) is 5. The lowest BCUT2D eigenvalue weighted by Crippen LogP contribution is -2.41. The Labute approximate surface area is 69.6 Å². The van der Waals surface area contributed by atoms with E-state index in [9.17, 15) is 4.79 Å². The van der Waals surface area contributed by atoms with Crippen LogP contribution >= 0.6 is 0 Å². The van der Waals surface area contributed by atoms with Crippen LogP contribution in [0.3, 0.4) is 0 Å². The van der Waals surface area contributed by atoms with Gasteiger partial charge in [-0.05, 0) is 0 Å². The minimum absolute atomic E-state index is 0.739. The van der Waals surface area contributed by atoms with Gasteiger partial charge >= 0.3 is 0 Å². The Bertz CT molecular complexity index is 167. The van der Waals surface area contributed by atoms with Crippen molar-refractivity contribution in [1.29, 1.82) is 0 Å². The quantitative estimate of drug-likeness (QED) is 0.357. The van der Waals surface area contributed by atoms with E-state index in [-0.39, 0.29) is 0 Å². The predicted octanol–water partition coefficient (Wildman–Crippen LogP) is -2.18. The lowest BCUT2D eigenvalue weighted by atomic mass is 10.1. The first kappa shape index (κ1) is 11.2. The van der Waals surface area contributed by atoms with Crippen LogP contribution in [-0.2, 0) is 4.79 Å². The summed E-state index contributed by atoms with van der Waals surface area (Å²) in [5.74, 6) is -0.980. The summed E-state index contributed by atoms with van der Waals surface area (Å²) in [5.41, 5.74) is 0. The van der Waals surface area contributed by atoms with Crippen LogP contribution < -0.4 is 0 Å². The van der Waals surface area contributed by atoms with E-state index >= 15 is 0 Å². The van der Waals surface area contributed by atoms with E-state index in [0.29, 0.717) is 0 Å². The van der Waals surface area contributed by atoms with Crippen LogP contribution in [0.4, 0.5) is 0 Å². The molecule has 4 N–H and O–H groups in total. The van der Waals surface area contributed by atoms with Gasteiger partial charge in [0.25, 0.3) is 0 Å². The highest BCUT2D eigenvalue weighted by atomic mass is 16.4. The van der Waals surface area contributed by atoms with E-state index in [0.717, 1.165) is 6.08 Å². The van der Waals surface area contributed by atoms with Crippen LogP contribution in [0.2, 0.25) is 0 Å². The number of hydrogen-bond donors (Lipinski definition) is 4. The molecule has 0 saturated carbocycles. The molecule has 70 valence electrons. The van der Waals surface area contributed by atoms with Crippen LogP contribution in [0, 0.1) is 0 Å². The van der Waals surface area contributed by atoms with Gasteiger partial charge < -0.3 is 20.4 Å². The van der Waals surface area contributed by atoms with Gasteiger partial charge in [0.2, 0.25) is 0 Å². The Morgan fingerprint density at radius 3 is 2.25 bits per heavy atom. The molecule has 0 amide bonds. The van der Waals surface area contributed by atoms with E-state index in [2.05, 4.69) is 6.58 Å². The minimum atomic E-state index is -1.78. The average molecular weight is 176 g/mol. The molecule has 5 heteroatoms. The van der Waals surface area contributed by atoms with E-state index in [1.807, 2.05) is 0 Å². The van der Waals surface area contributed by atoms with Crippen molar-refractivity contribution in [2.45, 2.75) is 18.3 Å². The molecule has 0 bridgehead atoms. The van der Waals surface area contributed by atoms with Crippen molar-refractivity contribution in [1.82, 2.24) is 0 Å². The Kier molecular flexibility index (Phi) is 4.68. The molecule has 0 fully saturated rings. The minimum Gasteiger partial charge on any atom is -0.394 e. The van der Waals surface area contributed by atoms with Gasteiger partial charge in [-0.1, -0.05) is 6.08 Å². The fraction of sp³-hybridized carbons (Fsp3) is 0.571. The van der Waals surface area contributed by atoms with Crippen LogP contribution in [-0.4, -0.2) is 51.1 Å². The molecular formula is C7H12O5.